The van der Waals surface area contributed by atoms with E-state index in [0.29, 0.717) is 23.7 Å². The van der Waals surface area contributed by atoms with E-state index in [1.54, 1.807) is 0 Å². The van der Waals surface area contributed by atoms with Crippen molar-refractivity contribution in [3.05, 3.63) is 72.9 Å². The van der Waals surface area contributed by atoms with Crippen LogP contribution in [0.2, 0.25) is 0 Å². The van der Waals surface area contributed by atoms with Crippen molar-refractivity contribution >= 4 is 24.0 Å². The average molecular weight is 268 g/mol. The number of hydrogen-bond donors (Lipinski definition) is 2. The van der Waals surface area contributed by atoms with Gasteiger partial charge in [0.1, 0.15) is 11.4 Å². The summed E-state index contributed by atoms with van der Waals surface area (Å²) < 4.78 is 0. The van der Waals surface area contributed by atoms with Gasteiger partial charge in [0.25, 0.3) is 0 Å². The average Bonchev–Trinajstić information content (AvgIpc) is 2.48. The second-order valence-corrected chi connectivity index (χ2v) is 3.93. The number of carbonyl (C=O) groups excluding carboxylic acids is 2. The highest BCUT2D eigenvalue weighted by Crippen LogP contribution is 2.28. The summed E-state index contributed by atoms with van der Waals surface area (Å²) in [5.41, 5.74) is 0.767. The van der Waals surface area contributed by atoms with Gasteiger partial charge in [0.2, 0.25) is 0 Å². The van der Waals surface area contributed by atoms with Crippen molar-refractivity contribution in [3.8, 4) is 0 Å². The molecule has 0 rings (SSSR count). The monoisotopic (exact) mass is 268 g/mol. The van der Waals surface area contributed by atoms with Crippen LogP contribution in [-0.4, -0.2) is 24.0 Å². The maximum Gasteiger partial charge on any atom is 0.168 e. The summed E-state index contributed by atoms with van der Waals surface area (Å²) >= 11 is 0. The zero-order chi connectivity index (χ0) is 16.0. The Labute approximate surface area is 118 Å². The molecule has 0 atom stereocenters. The summed E-state index contributed by atoms with van der Waals surface area (Å²) in [4.78, 5) is 21.1. The van der Waals surface area contributed by atoms with Crippen LogP contribution >= 0.6 is 0 Å². The molecule has 0 saturated heterocycles. The summed E-state index contributed by atoms with van der Waals surface area (Å²) in [5, 5.41) is 14.8. The Morgan fingerprint density at radius 2 is 0.750 bits per heavy atom. The minimum Gasteiger partial charge on any atom is -0.297 e. The van der Waals surface area contributed by atoms with Crippen molar-refractivity contribution in [1.29, 1.82) is 10.8 Å². The van der Waals surface area contributed by atoms with Crippen molar-refractivity contribution in [2.75, 3.05) is 0 Å². The lowest BCUT2D eigenvalue weighted by Gasteiger charge is -2.16. The van der Waals surface area contributed by atoms with Gasteiger partial charge >= 0.3 is 0 Å². The fourth-order valence-corrected chi connectivity index (χ4v) is 1.20. The quantitative estimate of drug-likeness (QED) is 0.383. The molecule has 0 heterocycles. The first-order valence-electron chi connectivity index (χ1n) is 5.42. The van der Waals surface area contributed by atoms with Crippen molar-refractivity contribution in [2.24, 2.45) is 0 Å². The first-order valence-corrected chi connectivity index (χ1v) is 5.42. The van der Waals surface area contributed by atoms with Crippen molar-refractivity contribution in [1.82, 2.24) is 0 Å². The van der Waals surface area contributed by atoms with Gasteiger partial charge in [0.05, 0.1) is 0 Å². The molecule has 0 aliphatic heterocycles. The number of aldehydes is 2. The highest BCUT2D eigenvalue weighted by atomic mass is 16.1. The van der Waals surface area contributed by atoms with Crippen molar-refractivity contribution < 1.29 is 9.59 Å². The summed E-state index contributed by atoms with van der Waals surface area (Å²) in [6.45, 7) is 22.0. The SMILES string of the molecule is C=C(C(=C)C(=C)C(=C)C(=N)C=O)C(=C)C(=C)C(=N)C=O. The second-order valence-electron chi connectivity index (χ2n) is 3.93. The number of hydrogen-bond acceptors (Lipinski definition) is 4. The molecular weight excluding hydrogens is 252 g/mol. The van der Waals surface area contributed by atoms with Gasteiger partial charge in [-0.1, -0.05) is 39.5 Å². The van der Waals surface area contributed by atoms with Crippen LogP contribution in [0.4, 0.5) is 0 Å². The second kappa shape index (κ2) is 6.89. The molecule has 4 nitrogen and oxygen atoms in total. The molecule has 0 amide bonds. The number of carbonyl (C=O) groups is 2. The van der Waals surface area contributed by atoms with Crippen LogP contribution in [0, 0.1) is 10.8 Å². The molecule has 0 unspecified atom stereocenters. The van der Waals surface area contributed by atoms with Crippen LogP contribution in [0.1, 0.15) is 0 Å². The maximum atomic E-state index is 10.5. The van der Waals surface area contributed by atoms with Gasteiger partial charge in [-0.2, -0.15) is 0 Å². The molecule has 0 aromatic rings. The number of nitrogens with one attached hydrogen (secondary N) is 2. The summed E-state index contributed by atoms with van der Waals surface area (Å²) in [5.74, 6) is 0. The molecule has 20 heavy (non-hydrogen) atoms. The predicted octanol–water partition coefficient (Wildman–Crippen LogP) is 2.76. The fraction of sp³-hybridized carbons (Fsp3) is 0. The van der Waals surface area contributed by atoms with Gasteiger partial charge in [0.15, 0.2) is 12.6 Å². The van der Waals surface area contributed by atoms with Gasteiger partial charge in [-0.3, -0.25) is 20.4 Å². The van der Waals surface area contributed by atoms with Gasteiger partial charge < -0.3 is 0 Å². The van der Waals surface area contributed by atoms with Crippen molar-refractivity contribution in [3.63, 3.8) is 0 Å². The molecule has 0 radical (unpaired) electrons. The van der Waals surface area contributed by atoms with Crippen LogP contribution in [0.3, 0.4) is 0 Å². The largest absolute Gasteiger partial charge is 0.297 e. The molecule has 0 aromatic heterocycles. The summed E-state index contributed by atoms with van der Waals surface area (Å²) in [7, 11) is 0. The van der Waals surface area contributed by atoms with Crippen molar-refractivity contribution in [2.45, 2.75) is 0 Å². The first-order chi connectivity index (χ1) is 9.18. The zero-order valence-electron chi connectivity index (χ0n) is 11.2. The molecule has 2 N–H and O–H groups in total. The normalized spacial score (nSPS) is 9.00. The third kappa shape index (κ3) is 3.55. The Kier molecular flexibility index (Phi) is 5.90. The molecule has 0 aliphatic carbocycles. The minimum absolute atomic E-state index is 0.120. The van der Waals surface area contributed by atoms with Gasteiger partial charge in [-0.15, -0.1) is 0 Å². The van der Waals surface area contributed by atoms with E-state index in [1.807, 2.05) is 0 Å². The van der Waals surface area contributed by atoms with Gasteiger partial charge in [0, 0.05) is 11.1 Å². The van der Waals surface area contributed by atoms with E-state index in [9.17, 15) is 9.59 Å². The lowest BCUT2D eigenvalue weighted by Crippen LogP contribution is -2.09. The van der Waals surface area contributed by atoms with Gasteiger partial charge in [-0.05, 0) is 22.3 Å². The standard InChI is InChI=1S/C16H16N2O2/c1-9(11(3)13(5)15(17)7-19)10(2)12(4)14(6)16(18)8-20/h7-8,17-18H,1-6H2. The molecule has 0 aromatic carbocycles. The molecule has 0 fully saturated rings. The fourth-order valence-electron chi connectivity index (χ4n) is 1.20. The van der Waals surface area contributed by atoms with E-state index >= 15 is 0 Å². The van der Waals surface area contributed by atoms with Crippen LogP contribution in [0.5, 0.6) is 0 Å². The number of rotatable bonds is 9. The highest BCUT2D eigenvalue weighted by Gasteiger charge is 2.16. The Morgan fingerprint density at radius 3 is 0.950 bits per heavy atom. The zero-order valence-corrected chi connectivity index (χ0v) is 11.2. The molecular formula is C16H16N2O2. The smallest absolute Gasteiger partial charge is 0.168 e. The van der Waals surface area contributed by atoms with E-state index in [1.165, 1.54) is 0 Å². The third-order valence-electron chi connectivity index (χ3n) is 2.71. The van der Waals surface area contributed by atoms with E-state index < -0.39 is 0 Å². The summed E-state index contributed by atoms with van der Waals surface area (Å²) in [6, 6.07) is 0. The maximum absolute atomic E-state index is 10.5. The Bertz CT molecular complexity index is 550. The Morgan fingerprint density at radius 1 is 0.550 bits per heavy atom. The molecule has 0 bridgehead atoms. The topological polar surface area (TPSA) is 81.8 Å². The molecule has 0 saturated carbocycles. The third-order valence-corrected chi connectivity index (χ3v) is 2.71. The highest BCUT2D eigenvalue weighted by molar-refractivity contribution is 6.37. The lowest BCUT2D eigenvalue weighted by atomic mass is 9.87. The predicted molar refractivity (Wildman–Crippen MR) is 82.4 cm³/mol. The van der Waals surface area contributed by atoms with E-state index in [-0.39, 0.29) is 33.7 Å². The van der Waals surface area contributed by atoms with Gasteiger partial charge in [-0.25, -0.2) is 0 Å². The van der Waals surface area contributed by atoms with Crippen LogP contribution < -0.4 is 0 Å². The van der Waals surface area contributed by atoms with E-state index in [2.05, 4.69) is 39.5 Å². The van der Waals surface area contributed by atoms with E-state index in [4.69, 9.17) is 10.8 Å². The lowest BCUT2D eigenvalue weighted by molar-refractivity contribution is -0.103. The summed E-state index contributed by atoms with van der Waals surface area (Å²) in [6.07, 6.45) is 0.693. The van der Waals surface area contributed by atoms with Crippen LogP contribution in [0.25, 0.3) is 0 Å². The first kappa shape index (κ1) is 17.1. The number of allylic oxidation sites excluding steroid dienone is 6. The Hall–Kier alpha value is -2.88. The minimum atomic E-state index is -0.311. The van der Waals surface area contributed by atoms with Crippen LogP contribution in [-0.2, 0) is 9.59 Å². The Balaban J connectivity index is 5.19. The van der Waals surface area contributed by atoms with E-state index in [0.717, 1.165) is 0 Å². The molecule has 102 valence electrons. The molecule has 4 heteroatoms. The molecule has 0 aliphatic rings. The van der Waals surface area contributed by atoms with Crippen LogP contribution in [0.15, 0.2) is 72.9 Å². The molecule has 0 spiro atoms.